The maximum absolute atomic E-state index is 2.32. The van der Waals surface area contributed by atoms with E-state index in [2.05, 4.69) is 60.9 Å². The van der Waals surface area contributed by atoms with Crippen molar-refractivity contribution in [2.24, 2.45) is 0 Å². The molecule has 68 valence electrons. The fourth-order valence-corrected chi connectivity index (χ4v) is 7.21. The lowest BCUT2D eigenvalue weighted by Crippen LogP contribution is -1.89. The minimum Gasteiger partial charge on any atom is -0.116 e. The van der Waals surface area contributed by atoms with Crippen LogP contribution < -0.4 is 0 Å². The second-order valence-electron chi connectivity index (χ2n) is 3.05. The van der Waals surface area contributed by atoms with Crippen molar-refractivity contribution in [3.05, 3.63) is 8.47 Å². The summed E-state index contributed by atoms with van der Waals surface area (Å²) in [5.74, 6) is 2.61. The third kappa shape index (κ3) is 2.14. The van der Waals surface area contributed by atoms with Gasteiger partial charge in [-0.1, -0.05) is 13.8 Å². The molecule has 2 unspecified atom stereocenters. The second-order valence-corrected chi connectivity index (χ2v) is 8.53. The molecule has 0 aromatic heterocycles. The molecule has 2 aliphatic heterocycles. The van der Waals surface area contributed by atoms with Gasteiger partial charge >= 0.3 is 0 Å². The van der Waals surface area contributed by atoms with Gasteiger partial charge in [-0.25, -0.2) is 0 Å². The van der Waals surface area contributed by atoms with Crippen LogP contribution in [-0.4, -0.2) is 22.0 Å². The minimum absolute atomic E-state index is 0.828. The molecule has 0 aromatic carbocycles. The number of rotatable bonds is 0. The van der Waals surface area contributed by atoms with Gasteiger partial charge in [-0.15, -0.1) is 47.0 Å². The van der Waals surface area contributed by atoms with Crippen molar-refractivity contribution in [2.45, 2.75) is 24.3 Å². The van der Waals surface area contributed by atoms with Crippen molar-refractivity contribution in [1.82, 2.24) is 0 Å². The monoisotopic (exact) mass is 236 g/mol. The molecule has 0 spiro atoms. The van der Waals surface area contributed by atoms with E-state index < -0.39 is 0 Å². The van der Waals surface area contributed by atoms with Gasteiger partial charge in [0.05, 0.1) is 8.47 Å². The molecule has 0 N–H and O–H groups in total. The Bertz CT molecular complexity index is 189. The first-order valence-electron chi connectivity index (χ1n) is 4.09. The summed E-state index contributed by atoms with van der Waals surface area (Å²) in [4.78, 5) is 0. The Kier molecular flexibility index (Phi) is 3.32. The lowest BCUT2D eigenvalue weighted by Gasteiger charge is -2.00. The van der Waals surface area contributed by atoms with Crippen molar-refractivity contribution in [3.63, 3.8) is 0 Å². The molecule has 2 saturated heterocycles. The molecule has 0 amide bonds. The number of hydrogen-bond donors (Lipinski definition) is 0. The second kappa shape index (κ2) is 4.11. The van der Waals surface area contributed by atoms with E-state index in [1.165, 1.54) is 11.5 Å². The predicted octanol–water partition coefficient (Wildman–Crippen LogP) is 3.85. The Morgan fingerprint density at radius 1 is 0.917 bits per heavy atom. The molecule has 2 rings (SSSR count). The summed E-state index contributed by atoms with van der Waals surface area (Å²) in [6.07, 6.45) is 0. The highest BCUT2D eigenvalue weighted by atomic mass is 32.2. The summed E-state index contributed by atoms with van der Waals surface area (Å²) in [5, 5.41) is 1.66. The molecule has 2 heterocycles. The molecule has 0 saturated carbocycles. The molecule has 0 aromatic rings. The molecule has 2 atom stereocenters. The van der Waals surface area contributed by atoms with E-state index in [1.54, 1.807) is 8.47 Å². The zero-order chi connectivity index (χ0) is 8.55. The van der Waals surface area contributed by atoms with Crippen molar-refractivity contribution in [2.75, 3.05) is 11.5 Å². The van der Waals surface area contributed by atoms with Gasteiger partial charge in [0.25, 0.3) is 0 Å². The zero-order valence-corrected chi connectivity index (χ0v) is 10.5. The first-order chi connectivity index (χ1) is 5.75. The van der Waals surface area contributed by atoms with Gasteiger partial charge in [-0.05, 0) is 0 Å². The molecule has 0 aliphatic carbocycles. The summed E-state index contributed by atoms with van der Waals surface area (Å²) in [6.45, 7) is 4.64. The average Bonchev–Trinajstić information content (AvgIpc) is 2.58. The molecule has 4 heteroatoms. The largest absolute Gasteiger partial charge is 0.116 e. The molecule has 0 bridgehead atoms. The summed E-state index contributed by atoms with van der Waals surface area (Å²) in [6, 6.07) is 0. The van der Waals surface area contributed by atoms with Crippen LogP contribution in [0.3, 0.4) is 0 Å². The van der Waals surface area contributed by atoms with Gasteiger partial charge in [-0.2, -0.15) is 0 Å². The highest BCUT2D eigenvalue weighted by molar-refractivity contribution is 8.31. The van der Waals surface area contributed by atoms with Crippen molar-refractivity contribution < 1.29 is 0 Å². The van der Waals surface area contributed by atoms with Gasteiger partial charge in [0.2, 0.25) is 0 Å². The van der Waals surface area contributed by atoms with Gasteiger partial charge < -0.3 is 0 Å². The van der Waals surface area contributed by atoms with E-state index in [0.29, 0.717) is 0 Å². The van der Waals surface area contributed by atoms with Gasteiger partial charge in [-0.3, -0.25) is 0 Å². The van der Waals surface area contributed by atoms with Crippen LogP contribution in [0, 0.1) is 0 Å². The number of hydrogen-bond acceptors (Lipinski definition) is 4. The Morgan fingerprint density at radius 3 is 1.58 bits per heavy atom. The maximum Gasteiger partial charge on any atom is 0.0605 e. The van der Waals surface area contributed by atoms with Crippen LogP contribution in [0.2, 0.25) is 0 Å². The highest BCUT2D eigenvalue weighted by Crippen LogP contribution is 2.53. The van der Waals surface area contributed by atoms with Crippen LogP contribution in [0.4, 0.5) is 0 Å². The van der Waals surface area contributed by atoms with Crippen LogP contribution in [0.25, 0.3) is 0 Å². The molecule has 2 aliphatic rings. The lowest BCUT2D eigenvalue weighted by atomic mass is 10.6. The van der Waals surface area contributed by atoms with Crippen molar-refractivity contribution >= 4 is 47.0 Å². The summed E-state index contributed by atoms with van der Waals surface area (Å²) in [7, 11) is 0. The van der Waals surface area contributed by atoms with Crippen LogP contribution >= 0.6 is 47.0 Å². The van der Waals surface area contributed by atoms with Crippen LogP contribution in [0.5, 0.6) is 0 Å². The van der Waals surface area contributed by atoms with Crippen LogP contribution in [0.1, 0.15) is 13.8 Å². The van der Waals surface area contributed by atoms with E-state index in [-0.39, 0.29) is 0 Å². The zero-order valence-electron chi connectivity index (χ0n) is 7.20. The molecular formula is C8H12S4. The van der Waals surface area contributed by atoms with Gasteiger partial charge in [0, 0.05) is 22.0 Å². The van der Waals surface area contributed by atoms with Crippen LogP contribution in [0.15, 0.2) is 8.47 Å². The van der Waals surface area contributed by atoms with E-state index in [1.807, 2.05) is 0 Å². The van der Waals surface area contributed by atoms with Gasteiger partial charge in [0.15, 0.2) is 0 Å². The quantitative estimate of drug-likeness (QED) is 0.626. The Morgan fingerprint density at radius 2 is 1.33 bits per heavy atom. The van der Waals surface area contributed by atoms with E-state index in [9.17, 15) is 0 Å². The summed E-state index contributed by atoms with van der Waals surface area (Å²) in [5.41, 5.74) is 0. The topological polar surface area (TPSA) is 0 Å². The maximum atomic E-state index is 2.32. The first-order valence-corrected chi connectivity index (χ1v) is 7.82. The Balaban J connectivity index is 2.06. The molecule has 0 nitrogen and oxygen atoms in total. The molecule has 12 heavy (non-hydrogen) atoms. The van der Waals surface area contributed by atoms with E-state index >= 15 is 0 Å². The van der Waals surface area contributed by atoms with E-state index in [4.69, 9.17) is 0 Å². The lowest BCUT2D eigenvalue weighted by molar-refractivity contribution is 1.15. The highest BCUT2D eigenvalue weighted by Gasteiger charge is 2.25. The normalized spacial score (nSPS) is 42.5. The number of thioether (sulfide) groups is 4. The Labute approximate surface area is 91.1 Å². The SMILES string of the molecule is CC1CS/C(=C2\SCC(C)S2)S1. The third-order valence-electron chi connectivity index (χ3n) is 1.68. The Hall–Kier alpha value is 1.14. The first kappa shape index (κ1) is 9.69. The standard InChI is InChI=1S/C8H12S4/c1-5-3-9-7(11-5)8-10-4-6(2)12-8/h5-6H,3-4H2,1-2H3/b8-7-. The predicted molar refractivity (Wildman–Crippen MR) is 66.0 cm³/mol. The van der Waals surface area contributed by atoms with Crippen LogP contribution in [-0.2, 0) is 0 Å². The molecule has 2 fully saturated rings. The summed E-state index contributed by atoms with van der Waals surface area (Å²) < 4.78 is 3.20. The average molecular weight is 236 g/mol. The van der Waals surface area contributed by atoms with Gasteiger partial charge in [0.1, 0.15) is 0 Å². The molecular weight excluding hydrogens is 224 g/mol. The molecule has 0 radical (unpaired) electrons. The fraction of sp³-hybridized carbons (Fsp3) is 0.750. The smallest absolute Gasteiger partial charge is 0.0605 e. The fourth-order valence-electron chi connectivity index (χ4n) is 1.10. The third-order valence-corrected chi connectivity index (χ3v) is 8.15. The van der Waals surface area contributed by atoms with Crippen molar-refractivity contribution in [3.8, 4) is 0 Å². The van der Waals surface area contributed by atoms with Crippen molar-refractivity contribution in [1.29, 1.82) is 0 Å². The minimum atomic E-state index is 0.828. The summed E-state index contributed by atoms with van der Waals surface area (Å²) >= 11 is 8.23. The van der Waals surface area contributed by atoms with E-state index in [0.717, 1.165) is 10.5 Å².